The van der Waals surface area contributed by atoms with Crippen LogP contribution < -0.4 is 4.74 Å². The number of nitro benzene ring substituents is 1. The summed E-state index contributed by atoms with van der Waals surface area (Å²) in [5.74, 6) is -2.02. The maximum atomic E-state index is 13.4. The molecular weight excluding hydrogens is 514 g/mol. The largest absolute Gasteiger partial charge is 0.507 e. The molecule has 0 aliphatic carbocycles. The maximum absolute atomic E-state index is 13.4. The number of benzene rings is 2. The monoisotopic (exact) mass is 553 g/mol. The zero-order valence-corrected chi connectivity index (χ0v) is 23.5. The topological polar surface area (TPSA) is 133 Å². The molecule has 1 amide bonds. The van der Waals surface area contributed by atoms with Crippen molar-refractivity contribution in [3.8, 4) is 11.5 Å². The van der Waals surface area contributed by atoms with Crippen molar-refractivity contribution in [2.45, 2.75) is 58.9 Å². The van der Waals surface area contributed by atoms with Crippen LogP contribution in [0.1, 0.15) is 70.0 Å². The molecule has 0 radical (unpaired) electrons. The van der Waals surface area contributed by atoms with Gasteiger partial charge in [0.15, 0.2) is 11.5 Å². The first-order valence-corrected chi connectivity index (χ1v) is 13.9. The van der Waals surface area contributed by atoms with E-state index in [0.29, 0.717) is 12.0 Å². The van der Waals surface area contributed by atoms with E-state index in [9.17, 15) is 29.9 Å². The molecule has 1 aliphatic rings. The summed E-state index contributed by atoms with van der Waals surface area (Å²) in [4.78, 5) is 41.2. The number of unbranched alkanes of at least 4 members (excludes halogenated alkanes) is 2. The Morgan fingerprint density at radius 3 is 2.33 bits per heavy atom. The molecule has 2 N–H and O–H groups in total. The molecule has 1 fully saturated rings. The van der Waals surface area contributed by atoms with E-state index >= 15 is 0 Å². The number of nitro groups is 1. The van der Waals surface area contributed by atoms with E-state index in [1.54, 1.807) is 19.1 Å². The number of aliphatic hydroxyl groups is 1. The molecule has 10 heteroatoms. The summed E-state index contributed by atoms with van der Waals surface area (Å²) in [6.45, 7) is 9.28. The predicted octanol–water partition coefficient (Wildman–Crippen LogP) is 5.41. The second-order valence-electron chi connectivity index (χ2n) is 9.86. The molecule has 3 rings (SSSR count). The normalized spacial score (nSPS) is 16.6. The molecule has 0 aromatic heterocycles. The summed E-state index contributed by atoms with van der Waals surface area (Å²) in [5, 5.41) is 32.8. The highest BCUT2D eigenvalue weighted by Crippen LogP contribution is 2.42. The first-order chi connectivity index (χ1) is 19.2. The number of carbonyl (C=O) groups excluding carboxylic acids is 2. The summed E-state index contributed by atoms with van der Waals surface area (Å²) in [5.41, 5.74) is 0.123. The lowest BCUT2D eigenvalue weighted by molar-refractivity contribution is -0.384. The Morgan fingerprint density at radius 2 is 1.70 bits per heavy atom. The van der Waals surface area contributed by atoms with Crippen LogP contribution in [-0.2, 0) is 9.59 Å². The predicted molar refractivity (Wildman–Crippen MR) is 152 cm³/mol. The number of phenols is 1. The number of hydrogen-bond acceptors (Lipinski definition) is 8. The molecule has 216 valence electrons. The van der Waals surface area contributed by atoms with E-state index < -0.39 is 28.4 Å². The lowest BCUT2D eigenvalue weighted by Crippen LogP contribution is -2.34. The summed E-state index contributed by atoms with van der Waals surface area (Å²) in [6, 6.07) is 8.91. The number of ketones is 1. The van der Waals surface area contributed by atoms with Crippen molar-refractivity contribution in [2.75, 3.05) is 32.8 Å². The Hall–Kier alpha value is -3.92. The molecule has 2 aromatic rings. The fraction of sp³-hybridized carbons (Fsp3) is 0.467. The van der Waals surface area contributed by atoms with Crippen LogP contribution in [0.3, 0.4) is 0 Å². The smallest absolute Gasteiger partial charge is 0.295 e. The molecule has 1 atom stereocenters. The van der Waals surface area contributed by atoms with Crippen molar-refractivity contribution in [3.63, 3.8) is 0 Å². The Balaban J connectivity index is 2.02. The van der Waals surface area contributed by atoms with Gasteiger partial charge in [0.25, 0.3) is 17.4 Å². The average molecular weight is 554 g/mol. The van der Waals surface area contributed by atoms with Crippen LogP contribution in [0.15, 0.2) is 48.0 Å². The summed E-state index contributed by atoms with van der Waals surface area (Å²) < 4.78 is 5.54. The maximum Gasteiger partial charge on any atom is 0.295 e. The van der Waals surface area contributed by atoms with Gasteiger partial charge in [0.1, 0.15) is 5.76 Å². The van der Waals surface area contributed by atoms with E-state index in [-0.39, 0.29) is 41.5 Å². The van der Waals surface area contributed by atoms with Crippen LogP contribution in [0.4, 0.5) is 5.69 Å². The summed E-state index contributed by atoms with van der Waals surface area (Å²) in [7, 11) is 0. The van der Waals surface area contributed by atoms with Crippen LogP contribution in [0, 0.1) is 10.1 Å². The third-order valence-electron chi connectivity index (χ3n) is 7.00. The van der Waals surface area contributed by atoms with Crippen molar-refractivity contribution in [2.24, 2.45) is 0 Å². The highest BCUT2D eigenvalue weighted by atomic mass is 16.6. The highest BCUT2D eigenvalue weighted by molar-refractivity contribution is 6.46. The van der Waals surface area contributed by atoms with Crippen LogP contribution in [-0.4, -0.2) is 69.4 Å². The minimum absolute atomic E-state index is 0.0614. The molecule has 0 spiro atoms. The number of amides is 1. The summed E-state index contributed by atoms with van der Waals surface area (Å²) in [6.07, 6.45) is 4.93. The number of hydrogen-bond donors (Lipinski definition) is 2. The number of carbonyl (C=O) groups is 2. The van der Waals surface area contributed by atoms with Crippen LogP contribution >= 0.6 is 0 Å². The Kier molecular flexibility index (Phi) is 11.1. The van der Waals surface area contributed by atoms with E-state index in [4.69, 9.17) is 4.74 Å². The molecule has 10 nitrogen and oxygen atoms in total. The minimum Gasteiger partial charge on any atom is -0.507 e. The number of aromatic hydroxyl groups is 1. The van der Waals surface area contributed by atoms with Crippen LogP contribution in [0.5, 0.6) is 11.5 Å². The number of phenolic OH excluding ortho intramolecular Hbond substituents is 1. The van der Waals surface area contributed by atoms with Gasteiger partial charge >= 0.3 is 0 Å². The number of aliphatic hydroxyl groups excluding tert-OH is 1. The standard InChI is InChI=1S/C30H39N3O7/c1-4-7-15-31(16-8-5-2)17-10-18-32-27(21-13-14-24(34)25(20-21)40-6-3)26(29(36)30(32)37)28(35)22-11-9-12-23(19-22)33(38)39/h9,11-14,19-20,27,34-35H,4-8,10,15-18H2,1-3H3/b28-26-. The molecule has 1 heterocycles. The third kappa shape index (κ3) is 7.18. The Morgan fingerprint density at radius 1 is 1.02 bits per heavy atom. The van der Waals surface area contributed by atoms with E-state index in [2.05, 4.69) is 18.7 Å². The van der Waals surface area contributed by atoms with Gasteiger partial charge in [-0.3, -0.25) is 19.7 Å². The molecule has 0 bridgehead atoms. The van der Waals surface area contributed by atoms with Gasteiger partial charge in [0.05, 0.1) is 23.1 Å². The van der Waals surface area contributed by atoms with Crippen molar-refractivity contribution < 1.29 is 29.5 Å². The van der Waals surface area contributed by atoms with E-state index in [1.165, 1.54) is 35.2 Å². The van der Waals surface area contributed by atoms with Crippen LogP contribution in [0.25, 0.3) is 5.76 Å². The average Bonchev–Trinajstić information content (AvgIpc) is 3.20. The van der Waals surface area contributed by atoms with Gasteiger partial charge in [-0.25, -0.2) is 0 Å². The molecule has 1 unspecified atom stereocenters. The second kappa shape index (κ2) is 14.5. The molecule has 1 aliphatic heterocycles. The first-order valence-electron chi connectivity index (χ1n) is 13.9. The zero-order valence-electron chi connectivity index (χ0n) is 23.5. The van der Waals surface area contributed by atoms with E-state index in [0.717, 1.165) is 45.3 Å². The van der Waals surface area contributed by atoms with E-state index in [1.807, 2.05) is 0 Å². The third-order valence-corrected chi connectivity index (χ3v) is 7.00. The molecule has 2 aromatic carbocycles. The van der Waals surface area contributed by atoms with Gasteiger partial charge in [-0.2, -0.15) is 0 Å². The Bertz CT molecular complexity index is 1240. The van der Waals surface area contributed by atoms with Crippen molar-refractivity contribution in [1.82, 2.24) is 9.80 Å². The number of rotatable bonds is 15. The van der Waals surface area contributed by atoms with Crippen molar-refractivity contribution >= 4 is 23.1 Å². The van der Waals surface area contributed by atoms with Gasteiger partial charge < -0.3 is 24.7 Å². The van der Waals surface area contributed by atoms with Crippen LogP contribution in [0.2, 0.25) is 0 Å². The number of likely N-dealkylation sites (tertiary alicyclic amines) is 1. The molecular formula is C30H39N3O7. The molecule has 1 saturated heterocycles. The lowest BCUT2D eigenvalue weighted by atomic mass is 9.94. The zero-order chi connectivity index (χ0) is 29.2. The van der Waals surface area contributed by atoms with Crippen molar-refractivity contribution in [3.05, 3.63) is 69.3 Å². The lowest BCUT2D eigenvalue weighted by Gasteiger charge is -2.28. The van der Waals surface area contributed by atoms with Gasteiger partial charge in [-0.15, -0.1) is 0 Å². The SMILES string of the molecule is CCCCN(CCCC)CCCN1C(=O)C(=O)/C(=C(\O)c2cccc([N+](=O)[O-])c2)C1c1ccc(O)c(OCC)c1. The van der Waals surface area contributed by atoms with Gasteiger partial charge in [0.2, 0.25) is 0 Å². The fourth-order valence-electron chi connectivity index (χ4n) is 4.91. The number of Topliss-reactive ketones (excluding diaryl/α,β-unsaturated/α-hetero) is 1. The minimum atomic E-state index is -0.959. The molecule has 0 saturated carbocycles. The number of ether oxygens (including phenoxy) is 1. The fourth-order valence-corrected chi connectivity index (χ4v) is 4.91. The number of nitrogens with zero attached hydrogens (tertiary/aromatic N) is 3. The first kappa shape index (κ1) is 30.6. The van der Waals surface area contributed by atoms with Gasteiger partial charge in [-0.05, 0) is 63.5 Å². The quantitative estimate of drug-likeness (QED) is 0.0983. The second-order valence-corrected chi connectivity index (χ2v) is 9.86. The molecule has 40 heavy (non-hydrogen) atoms. The summed E-state index contributed by atoms with van der Waals surface area (Å²) >= 11 is 0. The Labute approximate surface area is 235 Å². The number of non-ortho nitro benzene ring substituents is 1. The highest BCUT2D eigenvalue weighted by Gasteiger charge is 2.46. The van der Waals surface area contributed by atoms with Gasteiger partial charge in [-0.1, -0.05) is 44.9 Å². The van der Waals surface area contributed by atoms with Gasteiger partial charge in [0, 0.05) is 24.2 Å². The van der Waals surface area contributed by atoms with Crippen molar-refractivity contribution in [1.29, 1.82) is 0 Å².